The second-order valence-electron chi connectivity index (χ2n) is 13.3. The van der Waals surface area contributed by atoms with Crippen LogP contribution in [0.1, 0.15) is 94.9 Å². The van der Waals surface area contributed by atoms with Crippen LogP contribution in [0.25, 0.3) is 0 Å². The zero-order valence-electron chi connectivity index (χ0n) is 28.0. The summed E-state index contributed by atoms with van der Waals surface area (Å²) in [5.74, 6) is 0.278. The molecule has 42 heavy (non-hydrogen) atoms. The van der Waals surface area contributed by atoms with Crippen molar-refractivity contribution in [3.05, 3.63) is 142 Å². The molecule has 0 aromatic heterocycles. The highest BCUT2D eigenvalue weighted by Crippen LogP contribution is 2.43. The molecule has 0 unspecified atom stereocenters. The summed E-state index contributed by atoms with van der Waals surface area (Å²) in [7, 11) is 0. The van der Waals surface area contributed by atoms with E-state index in [2.05, 4.69) is 154 Å². The Labute approximate surface area is 257 Å². The lowest BCUT2D eigenvalue weighted by Gasteiger charge is -2.34. The maximum absolute atomic E-state index is 12.2. The van der Waals surface area contributed by atoms with E-state index < -0.39 is 0 Å². The van der Waals surface area contributed by atoms with Gasteiger partial charge in [0.25, 0.3) is 0 Å². The van der Waals surface area contributed by atoms with Crippen molar-refractivity contribution in [2.45, 2.75) is 94.9 Å². The van der Waals surface area contributed by atoms with Crippen LogP contribution in [-0.2, 0) is 4.79 Å². The highest BCUT2D eigenvalue weighted by Gasteiger charge is 2.30. The van der Waals surface area contributed by atoms with Crippen molar-refractivity contribution < 1.29 is 4.79 Å². The van der Waals surface area contributed by atoms with Gasteiger partial charge in [0.1, 0.15) is 0 Å². The van der Waals surface area contributed by atoms with E-state index in [9.17, 15) is 4.79 Å². The van der Waals surface area contributed by atoms with E-state index in [1.165, 1.54) is 33.4 Å². The fraction of sp³-hybridized carbons (Fsp3) is 0.390. The average Bonchev–Trinajstić information content (AvgIpc) is 2.91. The van der Waals surface area contributed by atoms with Gasteiger partial charge in [-0.1, -0.05) is 147 Å². The Morgan fingerprint density at radius 2 is 0.976 bits per heavy atom. The van der Waals surface area contributed by atoms with Crippen molar-refractivity contribution in [3.8, 4) is 0 Å². The smallest absolute Gasteiger partial charge is 0.158 e. The fourth-order valence-electron chi connectivity index (χ4n) is 5.36. The topological polar surface area (TPSA) is 17.1 Å². The molecule has 0 N–H and O–H groups in total. The molecule has 224 valence electrons. The van der Waals surface area contributed by atoms with Crippen LogP contribution in [0.3, 0.4) is 0 Å². The summed E-state index contributed by atoms with van der Waals surface area (Å²) >= 11 is 0. The van der Waals surface area contributed by atoms with Crippen LogP contribution in [-0.4, -0.2) is 5.78 Å². The molecule has 0 amide bonds. The third-order valence-electron chi connectivity index (χ3n) is 8.54. The number of carbonyl (C=O) groups excluding carboxylic acids is 1. The summed E-state index contributed by atoms with van der Waals surface area (Å²) in [4.78, 5) is 12.2. The number of hydrogen-bond donors (Lipinski definition) is 0. The molecule has 2 aliphatic carbocycles. The van der Waals surface area contributed by atoms with Crippen LogP contribution in [0.4, 0.5) is 0 Å². The van der Waals surface area contributed by atoms with Gasteiger partial charge in [-0.05, 0) is 93.9 Å². The summed E-state index contributed by atoms with van der Waals surface area (Å²) in [6.45, 7) is 26.0. The van der Waals surface area contributed by atoms with Gasteiger partial charge in [-0.25, -0.2) is 0 Å². The molecule has 0 fully saturated rings. The van der Waals surface area contributed by atoms with Crippen LogP contribution in [0.15, 0.2) is 142 Å². The summed E-state index contributed by atoms with van der Waals surface area (Å²) in [6, 6.07) is 0. The number of rotatable bonds is 10. The van der Waals surface area contributed by atoms with Crippen molar-refractivity contribution in [1.29, 1.82) is 0 Å². The van der Waals surface area contributed by atoms with E-state index in [1.54, 1.807) is 0 Å². The Morgan fingerprint density at radius 1 is 0.595 bits per heavy atom. The predicted molar refractivity (Wildman–Crippen MR) is 186 cm³/mol. The first-order valence-corrected chi connectivity index (χ1v) is 15.4. The molecule has 0 saturated heterocycles. The van der Waals surface area contributed by atoms with E-state index >= 15 is 0 Å². The second kappa shape index (κ2) is 15.7. The van der Waals surface area contributed by atoms with Crippen molar-refractivity contribution in [1.82, 2.24) is 0 Å². The minimum atomic E-state index is 0.0474. The molecule has 0 saturated carbocycles. The fourth-order valence-corrected chi connectivity index (χ4v) is 5.36. The third kappa shape index (κ3) is 10.8. The first-order valence-electron chi connectivity index (χ1n) is 15.4. The lowest BCUT2D eigenvalue weighted by Crippen LogP contribution is -2.24. The monoisotopic (exact) mass is 562 g/mol. The summed E-state index contributed by atoms with van der Waals surface area (Å²) in [5.41, 5.74) is 11.1. The minimum absolute atomic E-state index is 0.0474. The number of carbonyl (C=O) groups is 1. The first-order chi connectivity index (χ1) is 19.6. The van der Waals surface area contributed by atoms with Gasteiger partial charge in [-0.2, -0.15) is 0 Å². The number of hydrogen-bond acceptors (Lipinski definition) is 1. The van der Waals surface area contributed by atoms with E-state index in [4.69, 9.17) is 0 Å². The molecule has 1 heteroatoms. The number of ketones is 1. The maximum atomic E-state index is 12.2. The molecule has 0 spiro atoms. The van der Waals surface area contributed by atoms with Crippen molar-refractivity contribution in [3.63, 3.8) is 0 Å². The zero-order chi connectivity index (χ0) is 31.5. The summed E-state index contributed by atoms with van der Waals surface area (Å²) < 4.78 is 0. The van der Waals surface area contributed by atoms with Gasteiger partial charge >= 0.3 is 0 Å². The Bertz CT molecular complexity index is 1270. The van der Waals surface area contributed by atoms with Crippen molar-refractivity contribution in [2.24, 2.45) is 10.8 Å². The minimum Gasteiger partial charge on any atom is -0.295 e. The molecule has 0 bridgehead atoms. The third-order valence-corrected chi connectivity index (χ3v) is 8.54. The van der Waals surface area contributed by atoms with E-state index in [0.717, 1.165) is 36.0 Å². The zero-order valence-corrected chi connectivity index (χ0v) is 28.0. The highest BCUT2D eigenvalue weighted by atomic mass is 16.1. The normalized spacial score (nSPS) is 21.6. The standard InChI is InChI=1S/C41H54O/c1-30(18-14-20-32(3)22-24-37-35(6)34(5)26-28-40(37,8)9)16-12-13-17-31(2)19-15-21-33(4)23-25-38-36(7)39(42)27-29-41(38,10)11/h12-25H,5,26-29H2,1-4,6-11H3/b13-12+,18-14+,19-15+,24-22+,25-23+,30-16+,31-17+,32-20+,33-21+. The lowest BCUT2D eigenvalue weighted by molar-refractivity contribution is -0.116. The van der Waals surface area contributed by atoms with Crippen LogP contribution in [0.5, 0.6) is 0 Å². The van der Waals surface area contributed by atoms with Crippen LogP contribution >= 0.6 is 0 Å². The summed E-state index contributed by atoms with van der Waals surface area (Å²) in [6.07, 6.45) is 33.6. The van der Waals surface area contributed by atoms with Gasteiger partial charge in [0.15, 0.2) is 5.78 Å². The Hall–Kier alpha value is -3.45. The quantitative estimate of drug-likeness (QED) is 0.242. The molecule has 0 atom stereocenters. The van der Waals surface area contributed by atoms with Gasteiger partial charge in [-0.3, -0.25) is 4.79 Å². The molecule has 2 rings (SSSR count). The Morgan fingerprint density at radius 3 is 1.45 bits per heavy atom. The molecule has 0 aromatic carbocycles. The van der Waals surface area contributed by atoms with E-state index in [1.807, 2.05) is 6.92 Å². The highest BCUT2D eigenvalue weighted by molar-refractivity contribution is 5.97. The first kappa shape index (κ1) is 34.7. The van der Waals surface area contributed by atoms with Gasteiger partial charge in [0.2, 0.25) is 0 Å². The SMILES string of the molecule is C=C1CCC(C)(C)C(/C=C/C(C)=C/C=C/C(C)=C/C=C/C=C(C)/C=C/C=C(C)/C=C/C2=C(C)C(=O)CCC2(C)C)=C1C. The molecule has 0 heterocycles. The van der Waals surface area contributed by atoms with Crippen molar-refractivity contribution >= 4 is 5.78 Å². The van der Waals surface area contributed by atoms with Gasteiger partial charge < -0.3 is 0 Å². The molecule has 0 aromatic rings. The summed E-state index contributed by atoms with van der Waals surface area (Å²) in [5, 5.41) is 0. The van der Waals surface area contributed by atoms with E-state index in [-0.39, 0.29) is 16.6 Å². The average molecular weight is 563 g/mol. The second-order valence-corrected chi connectivity index (χ2v) is 13.3. The van der Waals surface area contributed by atoms with E-state index in [0.29, 0.717) is 6.42 Å². The Balaban J connectivity index is 1.93. The van der Waals surface area contributed by atoms with Crippen LogP contribution in [0, 0.1) is 10.8 Å². The Kier molecular flexibility index (Phi) is 13.0. The van der Waals surface area contributed by atoms with Crippen LogP contribution < -0.4 is 0 Å². The molecular weight excluding hydrogens is 508 g/mol. The molecule has 2 aliphatic rings. The lowest BCUT2D eigenvalue weighted by atomic mass is 9.71. The van der Waals surface area contributed by atoms with Gasteiger partial charge in [0.05, 0.1) is 0 Å². The van der Waals surface area contributed by atoms with Gasteiger partial charge in [0, 0.05) is 6.42 Å². The molecule has 0 aliphatic heterocycles. The number of Topliss-reactive ketones (excluding diaryl/α,β-unsaturated/α-hetero) is 1. The molecule has 1 nitrogen and oxygen atoms in total. The predicted octanol–water partition coefficient (Wildman–Crippen LogP) is 12.0. The van der Waals surface area contributed by atoms with Gasteiger partial charge in [-0.15, -0.1) is 0 Å². The molecular formula is C41H54O. The van der Waals surface area contributed by atoms with Crippen molar-refractivity contribution in [2.75, 3.05) is 0 Å². The largest absolute Gasteiger partial charge is 0.295 e. The number of allylic oxidation sites excluding steroid dienone is 23. The van der Waals surface area contributed by atoms with Crippen LogP contribution in [0.2, 0.25) is 0 Å². The molecule has 0 radical (unpaired) electrons. The maximum Gasteiger partial charge on any atom is 0.158 e.